The van der Waals surface area contributed by atoms with Crippen LogP contribution >= 0.6 is 0 Å². The molecule has 224 valence electrons. The summed E-state index contributed by atoms with van der Waals surface area (Å²) in [5.41, 5.74) is -7.06. The smallest absolute Gasteiger partial charge is 0.264 e. The third kappa shape index (κ3) is 3.66. The molecule has 1 saturated heterocycles. The van der Waals surface area contributed by atoms with Gasteiger partial charge < -0.3 is 9.52 Å². The van der Waals surface area contributed by atoms with Crippen LogP contribution in [-0.2, 0) is 35.3 Å². The van der Waals surface area contributed by atoms with Gasteiger partial charge in [-0.2, -0.15) is 13.5 Å². The number of furan rings is 1. The Labute approximate surface area is 237 Å². The summed E-state index contributed by atoms with van der Waals surface area (Å²) < 4.78 is 67.5. The van der Waals surface area contributed by atoms with Gasteiger partial charge in [0.15, 0.2) is 22.8 Å². The van der Waals surface area contributed by atoms with Gasteiger partial charge in [-0.25, -0.2) is 8.78 Å². The van der Waals surface area contributed by atoms with E-state index in [0.717, 1.165) is 17.9 Å². The summed E-state index contributed by atoms with van der Waals surface area (Å²) in [7, 11) is -3.98. The van der Waals surface area contributed by atoms with E-state index in [1.54, 1.807) is 24.3 Å². The van der Waals surface area contributed by atoms with Gasteiger partial charge in [0.25, 0.3) is 10.1 Å². The van der Waals surface area contributed by atoms with Gasteiger partial charge >= 0.3 is 0 Å². The van der Waals surface area contributed by atoms with Crippen LogP contribution in [0.1, 0.15) is 45.6 Å². The fourth-order valence-corrected chi connectivity index (χ4v) is 9.55. The van der Waals surface area contributed by atoms with Gasteiger partial charge in [0.1, 0.15) is 12.8 Å². The second-order valence-corrected chi connectivity index (χ2v) is 14.7. The lowest BCUT2D eigenvalue weighted by Crippen LogP contribution is -2.73. The number of aliphatic hydroxyl groups excluding tert-OH is 1. The predicted octanol–water partition coefficient (Wildman–Crippen LogP) is 3.25. The molecule has 3 saturated carbocycles. The van der Waals surface area contributed by atoms with E-state index in [2.05, 4.69) is 0 Å². The molecule has 1 N–H and O–H groups in total. The number of carbonyl (C=O) groups excluding carboxylic acids is 2. The highest BCUT2D eigenvalue weighted by molar-refractivity contribution is 7.86. The Hall–Kier alpha value is -2.25. The summed E-state index contributed by atoms with van der Waals surface area (Å²) in [6.07, 6.45) is 4.13. The van der Waals surface area contributed by atoms with Crippen molar-refractivity contribution in [2.24, 2.45) is 28.1 Å². The van der Waals surface area contributed by atoms with Crippen LogP contribution in [0, 0.1) is 28.1 Å². The molecule has 4 fully saturated rings. The van der Waals surface area contributed by atoms with Gasteiger partial charge in [0.05, 0.1) is 31.4 Å². The maximum Gasteiger partial charge on any atom is 0.264 e. The molecule has 2 heterocycles. The fourth-order valence-electron chi connectivity index (χ4n) is 9.23. The summed E-state index contributed by atoms with van der Waals surface area (Å²) in [5.74, 6) is -2.63. The molecule has 0 aromatic carbocycles. The highest BCUT2D eigenvalue weighted by atomic mass is 32.2. The van der Waals surface area contributed by atoms with Crippen molar-refractivity contribution < 1.29 is 45.3 Å². The first-order valence-corrected chi connectivity index (χ1v) is 15.6. The van der Waals surface area contributed by atoms with Crippen molar-refractivity contribution in [1.82, 2.24) is 5.06 Å². The van der Waals surface area contributed by atoms with Crippen LogP contribution in [0.3, 0.4) is 0 Å². The average Bonchev–Trinajstić information content (AvgIpc) is 3.56. The van der Waals surface area contributed by atoms with E-state index in [1.165, 1.54) is 25.3 Å². The number of fused-ring (bicyclic) bond motifs is 7. The first-order chi connectivity index (χ1) is 19.0. The van der Waals surface area contributed by atoms with Gasteiger partial charge in [-0.05, 0) is 55.4 Å². The lowest BCUT2D eigenvalue weighted by Gasteiger charge is -2.67. The first-order valence-electron chi connectivity index (χ1n) is 13.8. The molecule has 0 amide bonds. The van der Waals surface area contributed by atoms with Crippen molar-refractivity contribution in [3.05, 3.63) is 48.0 Å². The number of rotatable bonds is 6. The zero-order valence-electron chi connectivity index (χ0n) is 23.4. The molecule has 1 aromatic rings. The number of Topliss-reactive ketones (excluding diaryl/α,β-unsaturated/α-hetero) is 1. The number of hydrogen-bond donors (Lipinski definition) is 1. The van der Waals surface area contributed by atoms with Crippen LogP contribution in [0.2, 0.25) is 0 Å². The molecule has 9 nitrogen and oxygen atoms in total. The average molecular weight is 596 g/mol. The SMILES string of the molecule is C[C@]12C[C@H](O)[C@@]3(F)[C@@H](C[C@H](F)C4=CC(=O)C=C[C@@]43C)[C@]1(C)C[C@H]1CN(Cc3ccoc3)O[C@]12C(=O)COS(C)(=O)=O. The fraction of sp³-hybridized carbons (Fsp3) is 0.655. The number of hydroxylamine groups is 2. The van der Waals surface area contributed by atoms with Crippen molar-refractivity contribution in [2.75, 3.05) is 19.4 Å². The van der Waals surface area contributed by atoms with E-state index >= 15 is 8.78 Å². The molecule has 1 aliphatic heterocycles. The van der Waals surface area contributed by atoms with E-state index in [1.807, 2.05) is 6.92 Å². The predicted molar refractivity (Wildman–Crippen MR) is 141 cm³/mol. The van der Waals surface area contributed by atoms with Crippen LogP contribution < -0.4 is 0 Å². The Kier molecular flexibility index (Phi) is 6.25. The number of alkyl halides is 2. The molecular weight excluding hydrogens is 560 g/mol. The summed E-state index contributed by atoms with van der Waals surface area (Å²) in [5, 5.41) is 13.3. The van der Waals surface area contributed by atoms with Crippen LogP contribution in [0.25, 0.3) is 0 Å². The molecule has 12 heteroatoms. The van der Waals surface area contributed by atoms with Crippen LogP contribution in [-0.4, -0.2) is 73.1 Å². The van der Waals surface area contributed by atoms with Crippen LogP contribution in [0.5, 0.6) is 0 Å². The minimum Gasteiger partial charge on any atom is -0.472 e. The molecule has 0 spiro atoms. The Balaban J connectivity index is 1.46. The Bertz CT molecular complexity index is 1460. The van der Waals surface area contributed by atoms with E-state index in [0.29, 0.717) is 0 Å². The molecule has 9 atom stereocenters. The number of ketones is 2. The third-order valence-corrected chi connectivity index (χ3v) is 11.7. The van der Waals surface area contributed by atoms with Gasteiger partial charge in [-0.15, -0.1) is 0 Å². The molecule has 5 aliphatic rings. The number of carbonyl (C=O) groups is 2. The molecule has 41 heavy (non-hydrogen) atoms. The minimum absolute atomic E-state index is 0.0167. The molecule has 1 aromatic heterocycles. The van der Waals surface area contributed by atoms with Crippen molar-refractivity contribution in [3.63, 3.8) is 0 Å². The monoisotopic (exact) mass is 595 g/mol. The molecule has 6 rings (SSSR count). The molecule has 4 aliphatic carbocycles. The van der Waals surface area contributed by atoms with E-state index in [9.17, 15) is 23.1 Å². The quantitative estimate of drug-likeness (QED) is 0.494. The minimum atomic E-state index is -3.98. The second kappa shape index (κ2) is 8.89. The van der Waals surface area contributed by atoms with Gasteiger partial charge in [0, 0.05) is 34.8 Å². The summed E-state index contributed by atoms with van der Waals surface area (Å²) in [4.78, 5) is 32.8. The Morgan fingerprint density at radius 1 is 1.27 bits per heavy atom. The highest BCUT2D eigenvalue weighted by Crippen LogP contribution is 2.77. The van der Waals surface area contributed by atoms with Crippen LogP contribution in [0.4, 0.5) is 8.78 Å². The zero-order valence-corrected chi connectivity index (χ0v) is 24.2. The lowest BCUT2D eigenvalue weighted by molar-refractivity contribution is -0.289. The number of halogens is 2. The van der Waals surface area contributed by atoms with Crippen molar-refractivity contribution >= 4 is 21.7 Å². The standard InChI is InChI=1S/C29H35F2NO8S/c1-25-7-5-19(33)9-20(25)21(30)10-22-26(2)11-18-14-32(13-17-6-8-38-15-17)40-29(18,24(35)16-39-41(4,36)37)27(26,3)12-23(34)28(22,25)31/h5-9,15,18,21-23,34H,10-14,16H2,1-4H3/t18-,21-,22-,23-,25-,26-,27-,28-,29-/m0/s1. The lowest BCUT2D eigenvalue weighted by atomic mass is 9.39. The number of aliphatic hydroxyl groups is 1. The van der Waals surface area contributed by atoms with Gasteiger partial charge in [0.2, 0.25) is 0 Å². The maximum absolute atomic E-state index is 17.7. The largest absolute Gasteiger partial charge is 0.472 e. The normalized spacial score (nSPS) is 45.5. The molecule has 0 radical (unpaired) electrons. The van der Waals surface area contributed by atoms with Gasteiger partial charge in [-0.3, -0.25) is 18.6 Å². The Morgan fingerprint density at radius 3 is 2.66 bits per heavy atom. The molecular formula is C29H35F2NO8S. The summed E-state index contributed by atoms with van der Waals surface area (Å²) in [6, 6.07) is 1.75. The van der Waals surface area contributed by atoms with E-state index in [-0.39, 0.29) is 37.9 Å². The first kappa shape index (κ1) is 28.9. The number of nitrogens with zero attached hydrogens (tertiary/aromatic N) is 1. The topological polar surface area (TPSA) is 123 Å². The van der Waals surface area contributed by atoms with Crippen molar-refractivity contribution in [2.45, 2.75) is 70.1 Å². The third-order valence-electron chi connectivity index (χ3n) is 11.2. The van der Waals surface area contributed by atoms with E-state index < -0.39 is 79.9 Å². The van der Waals surface area contributed by atoms with Crippen molar-refractivity contribution in [1.29, 1.82) is 0 Å². The summed E-state index contributed by atoms with van der Waals surface area (Å²) in [6.45, 7) is 4.86. The molecule has 0 unspecified atom stereocenters. The van der Waals surface area contributed by atoms with E-state index in [4.69, 9.17) is 13.4 Å². The number of hydrogen-bond acceptors (Lipinski definition) is 9. The summed E-state index contributed by atoms with van der Waals surface area (Å²) >= 11 is 0. The number of allylic oxidation sites excluding steroid dienone is 4. The highest BCUT2D eigenvalue weighted by Gasteiger charge is 2.83. The Morgan fingerprint density at radius 2 is 2.00 bits per heavy atom. The van der Waals surface area contributed by atoms with Crippen molar-refractivity contribution in [3.8, 4) is 0 Å². The maximum atomic E-state index is 17.7. The molecule has 0 bridgehead atoms. The second-order valence-electron chi connectivity index (χ2n) is 13.1. The van der Waals surface area contributed by atoms with Gasteiger partial charge in [-0.1, -0.05) is 19.9 Å². The zero-order chi connectivity index (χ0) is 29.8. The van der Waals surface area contributed by atoms with Crippen LogP contribution in [0.15, 0.2) is 46.8 Å².